The van der Waals surface area contributed by atoms with Gasteiger partial charge >= 0.3 is 0 Å². The smallest absolute Gasteiger partial charge is 0.269 e. The summed E-state index contributed by atoms with van der Waals surface area (Å²) in [5, 5.41) is 11.6. The molecule has 2 aromatic carbocycles. The van der Waals surface area contributed by atoms with Crippen LogP contribution in [0, 0.1) is 10.1 Å². The van der Waals surface area contributed by atoms with Gasteiger partial charge in [0.1, 0.15) is 5.75 Å². The lowest BCUT2D eigenvalue weighted by Crippen LogP contribution is -2.15. The molecule has 0 spiro atoms. The first-order valence-corrected chi connectivity index (χ1v) is 9.09. The van der Waals surface area contributed by atoms with Gasteiger partial charge in [-0.2, -0.15) is 0 Å². The quantitative estimate of drug-likeness (QED) is 0.301. The highest BCUT2D eigenvalue weighted by Gasteiger charge is 2.13. The van der Waals surface area contributed by atoms with Gasteiger partial charge in [0, 0.05) is 47.3 Å². The van der Waals surface area contributed by atoms with Gasteiger partial charge < -0.3 is 14.3 Å². The standard InChI is InChI=1S/C22H17N3O5/c1-30-19-7-4-15-10-17(22(27)23-20(15)11-19)13-24-9-8-16(12-24)21(26)14-2-5-18(6-3-14)25(28)29/h2-12H,13H2,1H3,(H,23,27). The summed E-state index contributed by atoms with van der Waals surface area (Å²) in [6, 6.07) is 14.4. The van der Waals surface area contributed by atoms with E-state index in [2.05, 4.69) is 4.98 Å². The summed E-state index contributed by atoms with van der Waals surface area (Å²) in [5.74, 6) is 0.411. The molecule has 0 fully saturated rings. The van der Waals surface area contributed by atoms with E-state index in [9.17, 15) is 19.7 Å². The van der Waals surface area contributed by atoms with Gasteiger partial charge in [0.15, 0.2) is 5.78 Å². The minimum Gasteiger partial charge on any atom is -0.497 e. The minimum absolute atomic E-state index is 0.0720. The Hall–Kier alpha value is -4.20. The maximum Gasteiger partial charge on any atom is 0.269 e. The Morgan fingerprint density at radius 2 is 1.87 bits per heavy atom. The second-order valence-electron chi connectivity index (χ2n) is 6.78. The summed E-state index contributed by atoms with van der Waals surface area (Å²) in [6.45, 7) is 0.296. The Morgan fingerprint density at radius 1 is 1.10 bits per heavy atom. The van der Waals surface area contributed by atoms with Crippen LogP contribution >= 0.6 is 0 Å². The Labute approximate surface area is 170 Å². The van der Waals surface area contributed by atoms with Crippen LogP contribution in [0.15, 0.2) is 71.8 Å². The van der Waals surface area contributed by atoms with Crippen LogP contribution in [0.2, 0.25) is 0 Å². The van der Waals surface area contributed by atoms with Crippen LogP contribution in [0.1, 0.15) is 21.5 Å². The molecule has 8 heteroatoms. The summed E-state index contributed by atoms with van der Waals surface area (Å²) < 4.78 is 6.93. The molecule has 4 aromatic rings. The lowest BCUT2D eigenvalue weighted by atomic mass is 10.1. The number of nitrogens with one attached hydrogen (secondary N) is 1. The Kier molecular flexibility index (Phi) is 4.89. The molecule has 0 radical (unpaired) electrons. The third kappa shape index (κ3) is 3.70. The van der Waals surface area contributed by atoms with Gasteiger partial charge in [-0.05, 0) is 41.8 Å². The van der Waals surface area contributed by atoms with E-state index in [4.69, 9.17) is 4.74 Å². The number of methoxy groups -OCH3 is 1. The summed E-state index contributed by atoms with van der Waals surface area (Å²) in [6.07, 6.45) is 3.37. The van der Waals surface area contributed by atoms with Crippen LogP contribution in [0.3, 0.4) is 0 Å². The molecule has 0 aliphatic rings. The maximum atomic E-state index is 12.6. The largest absolute Gasteiger partial charge is 0.497 e. The van der Waals surface area contributed by atoms with Gasteiger partial charge in [-0.1, -0.05) is 0 Å². The van der Waals surface area contributed by atoms with Crippen molar-refractivity contribution in [1.82, 2.24) is 9.55 Å². The molecule has 0 saturated heterocycles. The predicted octanol–water partition coefficient (Wildman–Crippen LogP) is 3.53. The number of nitro benzene ring substituents is 1. The molecule has 0 aliphatic carbocycles. The first-order chi connectivity index (χ1) is 14.4. The fourth-order valence-electron chi connectivity index (χ4n) is 3.24. The third-order valence-electron chi connectivity index (χ3n) is 4.84. The number of ether oxygens (including phenoxy) is 1. The number of fused-ring (bicyclic) bond motifs is 1. The summed E-state index contributed by atoms with van der Waals surface area (Å²) in [7, 11) is 1.56. The lowest BCUT2D eigenvalue weighted by Gasteiger charge is -2.06. The molecule has 8 nitrogen and oxygen atoms in total. The zero-order chi connectivity index (χ0) is 21.3. The Balaban J connectivity index is 1.57. The average molecular weight is 403 g/mol. The highest BCUT2D eigenvalue weighted by Crippen LogP contribution is 2.19. The van der Waals surface area contributed by atoms with Crippen LogP contribution < -0.4 is 10.3 Å². The molecule has 0 atom stereocenters. The van der Waals surface area contributed by atoms with Crippen LogP contribution in [0.4, 0.5) is 5.69 Å². The van der Waals surface area contributed by atoms with Crippen molar-refractivity contribution in [2.45, 2.75) is 6.54 Å². The van der Waals surface area contributed by atoms with E-state index in [0.717, 1.165) is 5.39 Å². The van der Waals surface area contributed by atoms with Crippen LogP contribution in [-0.2, 0) is 6.54 Å². The van der Waals surface area contributed by atoms with Crippen molar-refractivity contribution >= 4 is 22.4 Å². The van der Waals surface area contributed by atoms with Crippen molar-refractivity contribution in [1.29, 1.82) is 0 Å². The lowest BCUT2D eigenvalue weighted by molar-refractivity contribution is -0.384. The number of ketones is 1. The van der Waals surface area contributed by atoms with Crippen LogP contribution in [0.25, 0.3) is 10.9 Å². The number of pyridine rings is 1. The molecule has 0 bridgehead atoms. The fraction of sp³-hybridized carbons (Fsp3) is 0.0909. The number of nitro groups is 1. The van der Waals surface area contributed by atoms with E-state index in [1.54, 1.807) is 36.2 Å². The van der Waals surface area contributed by atoms with Crippen molar-refractivity contribution in [3.63, 3.8) is 0 Å². The van der Waals surface area contributed by atoms with E-state index in [1.807, 2.05) is 18.2 Å². The van der Waals surface area contributed by atoms with Crippen molar-refractivity contribution in [2.24, 2.45) is 0 Å². The van der Waals surface area contributed by atoms with Crippen LogP contribution in [0.5, 0.6) is 5.75 Å². The highest BCUT2D eigenvalue weighted by atomic mass is 16.6. The number of carbonyl (C=O) groups excluding carboxylic acids is 1. The molecule has 30 heavy (non-hydrogen) atoms. The molecule has 2 heterocycles. The van der Waals surface area contributed by atoms with Gasteiger partial charge in [0.05, 0.1) is 24.1 Å². The summed E-state index contributed by atoms with van der Waals surface area (Å²) in [5.41, 5.74) is 1.74. The maximum absolute atomic E-state index is 12.6. The fourth-order valence-corrected chi connectivity index (χ4v) is 3.24. The number of nitrogens with zero attached hydrogens (tertiary/aromatic N) is 2. The molecule has 150 valence electrons. The second kappa shape index (κ2) is 7.67. The number of benzene rings is 2. The zero-order valence-corrected chi connectivity index (χ0v) is 16.0. The number of carbonyl (C=O) groups is 1. The number of hydrogen-bond acceptors (Lipinski definition) is 5. The van der Waals surface area contributed by atoms with E-state index < -0.39 is 4.92 Å². The van der Waals surface area contributed by atoms with Gasteiger partial charge in [0.25, 0.3) is 11.2 Å². The molecule has 4 rings (SSSR count). The first kappa shape index (κ1) is 19.1. The van der Waals surface area contributed by atoms with Crippen molar-refractivity contribution in [3.05, 3.63) is 104 Å². The minimum atomic E-state index is -0.512. The predicted molar refractivity (Wildman–Crippen MR) is 111 cm³/mol. The van der Waals surface area contributed by atoms with E-state index in [-0.39, 0.29) is 17.0 Å². The van der Waals surface area contributed by atoms with E-state index in [0.29, 0.717) is 34.5 Å². The molecule has 1 N–H and O–H groups in total. The van der Waals surface area contributed by atoms with Crippen molar-refractivity contribution < 1.29 is 14.5 Å². The number of non-ortho nitro benzene ring substituents is 1. The summed E-state index contributed by atoms with van der Waals surface area (Å²) >= 11 is 0. The number of rotatable bonds is 6. The number of aromatic nitrogens is 2. The molecular formula is C22H17N3O5. The zero-order valence-electron chi connectivity index (χ0n) is 16.0. The van der Waals surface area contributed by atoms with Crippen molar-refractivity contribution in [3.8, 4) is 5.75 Å². The topological polar surface area (TPSA) is 107 Å². The monoisotopic (exact) mass is 403 g/mol. The Bertz CT molecular complexity index is 1320. The van der Waals surface area contributed by atoms with Gasteiger partial charge in [0.2, 0.25) is 0 Å². The molecule has 0 amide bonds. The highest BCUT2D eigenvalue weighted by molar-refractivity contribution is 6.09. The van der Waals surface area contributed by atoms with Crippen molar-refractivity contribution in [2.75, 3.05) is 7.11 Å². The van der Waals surface area contributed by atoms with Gasteiger partial charge in [-0.3, -0.25) is 19.7 Å². The molecule has 0 unspecified atom stereocenters. The number of H-pyrrole nitrogens is 1. The SMILES string of the molecule is COc1ccc2cc(Cn3ccc(C(=O)c4ccc([N+](=O)[O-])cc4)c3)c(=O)[nH]c2c1. The molecule has 0 saturated carbocycles. The van der Waals surface area contributed by atoms with Crippen LogP contribution in [-0.4, -0.2) is 27.4 Å². The Morgan fingerprint density at radius 3 is 2.57 bits per heavy atom. The van der Waals surface area contributed by atoms with E-state index in [1.165, 1.54) is 24.3 Å². The molecule has 0 aliphatic heterocycles. The van der Waals surface area contributed by atoms with Gasteiger partial charge in [-0.25, -0.2) is 0 Å². The average Bonchev–Trinajstić information content (AvgIpc) is 3.22. The number of aromatic amines is 1. The third-order valence-corrected chi connectivity index (χ3v) is 4.84. The van der Waals surface area contributed by atoms with E-state index >= 15 is 0 Å². The summed E-state index contributed by atoms with van der Waals surface area (Å²) in [4.78, 5) is 38.2. The number of hydrogen-bond donors (Lipinski definition) is 1. The second-order valence-corrected chi connectivity index (χ2v) is 6.78. The molecular weight excluding hydrogens is 386 g/mol. The first-order valence-electron chi connectivity index (χ1n) is 9.09. The molecule has 2 aromatic heterocycles. The van der Waals surface area contributed by atoms with Gasteiger partial charge in [-0.15, -0.1) is 0 Å². The normalized spacial score (nSPS) is 10.8.